The van der Waals surface area contributed by atoms with E-state index < -0.39 is 12.0 Å². The minimum atomic E-state index is -1.07. The number of aromatic nitrogens is 2. The van der Waals surface area contributed by atoms with Crippen LogP contribution in [-0.4, -0.2) is 44.5 Å². The summed E-state index contributed by atoms with van der Waals surface area (Å²) in [6.45, 7) is 1.59. The summed E-state index contributed by atoms with van der Waals surface area (Å²) >= 11 is 0. The number of hydrogen-bond acceptors (Lipinski definition) is 4. The number of hydrogen-bond donors (Lipinski definition) is 1. The van der Waals surface area contributed by atoms with Crippen molar-refractivity contribution < 1.29 is 14.7 Å². The van der Waals surface area contributed by atoms with Gasteiger partial charge in [-0.15, -0.1) is 0 Å². The highest BCUT2D eigenvalue weighted by atomic mass is 16.4. The Labute approximate surface area is 126 Å². The fourth-order valence-corrected chi connectivity index (χ4v) is 2.04. The van der Waals surface area contributed by atoms with Gasteiger partial charge in [0.25, 0.3) is 5.56 Å². The first kappa shape index (κ1) is 15.7. The van der Waals surface area contributed by atoms with Gasteiger partial charge in [-0.3, -0.25) is 14.2 Å². The van der Waals surface area contributed by atoms with Crippen molar-refractivity contribution in [2.45, 2.75) is 25.9 Å². The molecule has 0 bridgehead atoms. The molecular weight excluding hydrogens is 286 g/mol. The van der Waals surface area contributed by atoms with Crippen molar-refractivity contribution in [1.29, 1.82) is 0 Å². The Morgan fingerprint density at radius 1 is 1.36 bits per heavy atom. The topological polar surface area (TPSA) is 92.5 Å². The van der Waals surface area contributed by atoms with Gasteiger partial charge in [0.05, 0.1) is 17.2 Å². The highest BCUT2D eigenvalue weighted by Gasteiger charge is 2.21. The molecule has 0 spiro atoms. The number of carboxylic acids is 1. The van der Waals surface area contributed by atoms with Crippen molar-refractivity contribution in [2.24, 2.45) is 0 Å². The lowest BCUT2D eigenvalue weighted by Gasteiger charge is -2.21. The number of nitrogens with zero attached hydrogens (tertiary/aromatic N) is 3. The highest BCUT2D eigenvalue weighted by Crippen LogP contribution is 2.05. The number of aryl methyl sites for hydroxylation is 1. The predicted octanol–water partition coefficient (Wildman–Crippen LogP) is 0.718. The van der Waals surface area contributed by atoms with Crippen LogP contribution in [0.15, 0.2) is 35.4 Å². The standard InChI is InChI=1S/C15H17N3O4/c1-10(15(21)22)17(2)13(19)7-8-18-9-16-12-6-4-3-5-11(12)14(18)20/h3-6,9-10H,7-8H2,1-2H3,(H,21,22). The molecule has 1 aromatic carbocycles. The molecule has 1 aromatic heterocycles. The fraction of sp³-hybridized carbons (Fsp3) is 0.333. The monoisotopic (exact) mass is 303 g/mol. The van der Waals surface area contributed by atoms with Crippen molar-refractivity contribution >= 4 is 22.8 Å². The van der Waals surface area contributed by atoms with Gasteiger partial charge in [0.1, 0.15) is 6.04 Å². The molecule has 7 nitrogen and oxygen atoms in total. The SMILES string of the molecule is CC(C(=O)O)N(C)C(=O)CCn1cnc2ccccc2c1=O. The van der Waals surface area contributed by atoms with Crippen LogP contribution in [0.25, 0.3) is 10.9 Å². The van der Waals surface area contributed by atoms with E-state index in [1.165, 1.54) is 24.9 Å². The van der Waals surface area contributed by atoms with E-state index in [0.717, 1.165) is 4.90 Å². The molecule has 0 aliphatic carbocycles. The molecule has 116 valence electrons. The van der Waals surface area contributed by atoms with E-state index in [2.05, 4.69) is 4.98 Å². The van der Waals surface area contributed by atoms with Crippen LogP contribution in [0.4, 0.5) is 0 Å². The highest BCUT2D eigenvalue weighted by molar-refractivity contribution is 5.83. The Hall–Kier alpha value is -2.70. The van der Waals surface area contributed by atoms with Crippen LogP contribution in [-0.2, 0) is 16.1 Å². The van der Waals surface area contributed by atoms with Gasteiger partial charge in [0.2, 0.25) is 5.91 Å². The van der Waals surface area contributed by atoms with E-state index in [4.69, 9.17) is 5.11 Å². The molecule has 7 heteroatoms. The minimum absolute atomic E-state index is 0.0358. The third-order valence-corrected chi connectivity index (χ3v) is 3.63. The predicted molar refractivity (Wildman–Crippen MR) is 80.5 cm³/mol. The lowest BCUT2D eigenvalue weighted by molar-refractivity contribution is -0.148. The largest absolute Gasteiger partial charge is 0.480 e. The molecule has 1 heterocycles. The first-order valence-electron chi connectivity index (χ1n) is 6.84. The number of aliphatic carboxylic acids is 1. The minimum Gasteiger partial charge on any atom is -0.480 e. The van der Waals surface area contributed by atoms with Crippen LogP contribution in [0.5, 0.6) is 0 Å². The molecular formula is C15H17N3O4. The number of carbonyl (C=O) groups is 2. The van der Waals surface area contributed by atoms with E-state index in [1.807, 2.05) is 0 Å². The summed E-state index contributed by atoms with van der Waals surface area (Å²) in [6, 6.07) is 6.07. The van der Waals surface area contributed by atoms with Crippen LogP contribution >= 0.6 is 0 Å². The lowest BCUT2D eigenvalue weighted by Crippen LogP contribution is -2.40. The molecule has 1 unspecified atom stereocenters. The summed E-state index contributed by atoms with van der Waals surface area (Å²) in [5.41, 5.74) is 0.388. The van der Waals surface area contributed by atoms with Gasteiger partial charge in [0, 0.05) is 20.0 Å². The third-order valence-electron chi connectivity index (χ3n) is 3.63. The summed E-state index contributed by atoms with van der Waals surface area (Å²) in [5.74, 6) is -1.41. The first-order valence-corrected chi connectivity index (χ1v) is 6.84. The second kappa shape index (κ2) is 6.38. The van der Waals surface area contributed by atoms with E-state index >= 15 is 0 Å². The molecule has 1 atom stereocenters. The maximum Gasteiger partial charge on any atom is 0.326 e. The zero-order chi connectivity index (χ0) is 16.3. The number of amides is 1. The zero-order valence-electron chi connectivity index (χ0n) is 12.4. The van der Waals surface area contributed by atoms with Crippen molar-refractivity contribution in [3.05, 3.63) is 40.9 Å². The third kappa shape index (κ3) is 3.13. The molecule has 0 aliphatic rings. The van der Waals surface area contributed by atoms with Crippen LogP contribution in [0.2, 0.25) is 0 Å². The molecule has 0 aliphatic heterocycles. The number of rotatable bonds is 5. The Kier molecular flexibility index (Phi) is 4.55. The van der Waals surface area contributed by atoms with E-state index in [1.54, 1.807) is 24.3 Å². The maximum absolute atomic E-state index is 12.3. The van der Waals surface area contributed by atoms with Crippen molar-refractivity contribution in [3.8, 4) is 0 Å². The first-order chi connectivity index (χ1) is 10.4. The average Bonchev–Trinajstić information content (AvgIpc) is 2.52. The van der Waals surface area contributed by atoms with E-state index in [9.17, 15) is 14.4 Å². The van der Waals surface area contributed by atoms with Gasteiger partial charge < -0.3 is 10.0 Å². The maximum atomic E-state index is 12.3. The Morgan fingerprint density at radius 2 is 2.05 bits per heavy atom. The molecule has 0 saturated heterocycles. The van der Waals surface area contributed by atoms with Gasteiger partial charge in [-0.05, 0) is 19.1 Å². The van der Waals surface area contributed by atoms with E-state index in [-0.39, 0.29) is 24.4 Å². The second-order valence-corrected chi connectivity index (χ2v) is 5.03. The van der Waals surface area contributed by atoms with Gasteiger partial charge in [-0.25, -0.2) is 9.78 Å². The number of para-hydroxylation sites is 1. The molecule has 2 aromatic rings. The van der Waals surface area contributed by atoms with Gasteiger partial charge in [-0.1, -0.05) is 12.1 Å². The van der Waals surface area contributed by atoms with Crippen LogP contribution in [0.3, 0.4) is 0 Å². The summed E-state index contributed by atoms with van der Waals surface area (Å²) in [7, 11) is 1.43. The van der Waals surface area contributed by atoms with Gasteiger partial charge in [-0.2, -0.15) is 0 Å². The second-order valence-electron chi connectivity index (χ2n) is 5.03. The summed E-state index contributed by atoms with van der Waals surface area (Å²) in [4.78, 5) is 40.4. The Balaban J connectivity index is 2.12. The molecule has 22 heavy (non-hydrogen) atoms. The number of carboxylic acid groups (broad SMARTS) is 1. The number of likely N-dealkylation sites (N-methyl/N-ethyl adjacent to an activating group) is 1. The molecule has 1 amide bonds. The Morgan fingerprint density at radius 3 is 2.73 bits per heavy atom. The quantitative estimate of drug-likeness (QED) is 0.878. The molecule has 0 radical (unpaired) electrons. The van der Waals surface area contributed by atoms with Gasteiger partial charge in [0.15, 0.2) is 0 Å². The fourth-order valence-electron chi connectivity index (χ4n) is 2.04. The number of carbonyl (C=O) groups excluding carboxylic acids is 1. The average molecular weight is 303 g/mol. The zero-order valence-corrected chi connectivity index (χ0v) is 12.4. The Bertz CT molecular complexity index is 769. The van der Waals surface area contributed by atoms with Crippen molar-refractivity contribution in [3.63, 3.8) is 0 Å². The molecule has 0 saturated carbocycles. The van der Waals surface area contributed by atoms with Crippen LogP contribution in [0, 0.1) is 0 Å². The molecule has 1 N–H and O–H groups in total. The smallest absolute Gasteiger partial charge is 0.326 e. The van der Waals surface area contributed by atoms with Gasteiger partial charge >= 0.3 is 5.97 Å². The summed E-state index contributed by atoms with van der Waals surface area (Å²) in [5, 5.41) is 9.38. The number of fused-ring (bicyclic) bond motifs is 1. The van der Waals surface area contributed by atoms with Crippen LogP contribution < -0.4 is 5.56 Å². The molecule has 0 fully saturated rings. The lowest BCUT2D eigenvalue weighted by atomic mass is 10.2. The van der Waals surface area contributed by atoms with E-state index in [0.29, 0.717) is 10.9 Å². The number of benzene rings is 1. The molecule has 2 rings (SSSR count). The van der Waals surface area contributed by atoms with Crippen molar-refractivity contribution in [1.82, 2.24) is 14.5 Å². The van der Waals surface area contributed by atoms with Crippen LogP contribution in [0.1, 0.15) is 13.3 Å². The summed E-state index contributed by atoms with van der Waals surface area (Å²) in [6.07, 6.45) is 1.44. The summed E-state index contributed by atoms with van der Waals surface area (Å²) < 4.78 is 1.36. The normalized spacial score (nSPS) is 12.1. The van der Waals surface area contributed by atoms with Crippen molar-refractivity contribution in [2.75, 3.05) is 7.05 Å².